The monoisotopic (exact) mass is 256 g/mol. The van der Waals surface area contributed by atoms with Crippen LogP contribution in [0.1, 0.15) is 13.8 Å². The minimum atomic E-state index is -0.502. The van der Waals surface area contributed by atoms with Crippen molar-refractivity contribution < 1.29 is 9.53 Å². The third-order valence-electron chi connectivity index (χ3n) is 2.13. The maximum Gasteiger partial charge on any atom is 0.236 e. The molecule has 0 radical (unpaired) electrons. The van der Waals surface area contributed by atoms with Crippen molar-refractivity contribution in [3.05, 3.63) is 29.3 Å². The molecule has 5 heteroatoms. The number of halogens is 1. The number of benzene rings is 1. The molecule has 3 N–H and O–H groups in total. The number of amides is 1. The van der Waals surface area contributed by atoms with Crippen molar-refractivity contribution in [2.75, 3.05) is 6.54 Å². The average Bonchev–Trinajstić information content (AvgIpc) is 2.29. The van der Waals surface area contributed by atoms with Gasteiger partial charge in [-0.1, -0.05) is 11.6 Å². The molecule has 94 valence electrons. The zero-order valence-corrected chi connectivity index (χ0v) is 10.7. The predicted molar refractivity (Wildman–Crippen MR) is 68.2 cm³/mol. The normalized spacial score (nSPS) is 13.9. The average molecular weight is 257 g/mol. The molecule has 1 rings (SSSR count). The van der Waals surface area contributed by atoms with E-state index in [1.165, 1.54) is 0 Å². The largest absolute Gasteiger partial charge is 0.489 e. The Hall–Kier alpha value is -1.26. The van der Waals surface area contributed by atoms with Gasteiger partial charge in [-0.2, -0.15) is 0 Å². The molecule has 2 atom stereocenters. The first kappa shape index (κ1) is 13.8. The predicted octanol–water partition coefficient (Wildman–Crippen LogP) is 1.57. The Kier molecular flexibility index (Phi) is 5.25. The van der Waals surface area contributed by atoms with Crippen molar-refractivity contribution in [3.8, 4) is 5.75 Å². The van der Waals surface area contributed by atoms with Crippen molar-refractivity contribution in [1.82, 2.24) is 5.32 Å². The van der Waals surface area contributed by atoms with Gasteiger partial charge in [-0.25, -0.2) is 0 Å². The molecular weight excluding hydrogens is 240 g/mol. The minimum Gasteiger partial charge on any atom is -0.489 e. The van der Waals surface area contributed by atoms with Gasteiger partial charge in [0.15, 0.2) is 0 Å². The summed E-state index contributed by atoms with van der Waals surface area (Å²) >= 11 is 5.76. The molecule has 0 saturated heterocycles. The molecule has 1 aromatic rings. The maximum absolute atomic E-state index is 11.2. The van der Waals surface area contributed by atoms with Crippen molar-refractivity contribution in [2.45, 2.75) is 26.0 Å². The Labute approximate surface area is 106 Å². The Bertz CT molecular complexity index is 365. The molecule has 0 bridgehead atoms. The zero-order valence-electron chi connectivity index (χ0n) is 9.94. The fourth-order valence-electron chi connectivity index (χ4n) is 1.19. The van der Waals surface area contributed by atoms with Gasteiger partial charge in [-0.15, -0.1) is 0 Å². The molecule has 0 aromatic heterocycles. The highest BCUT2D eigenvalue weighted by Crippen LogP contribution is 2.16. The van der Waals surface area contributed by atoms with E-state index in [4.69, 9.17) is 22.1 Å². The summed E-state index contributed by atoms with van der Waals surface area (Å²) in [4.78, 5) is 11.2. The van der Waals surface area contributed by atoms with Crippen LogP contribution in [0.4, 0.5) is 0 Å². The third kappa shape index (κ3) is 5.06. The Morgan fingerprint density at radius 3 is 2.53 bits per heavy atom. The van der Waals surface area contributed by atoms with E-state index in [0.717, 1.165) is 5.75 Å². The summed E-state index contributed by atoms with van der Waals surface area (Å²) in [7, 11) is 0. The van der Waals surface area contributed by atoms with Crippen molar-refractivity contribution in [3.63, 3.8) is 0 Å². The molecule has 1 amide bonds. The van der Waals surface area contributed by atoms with Gasteiger partial charge in [0, 0.05) is 5.02 Å². The minimum absolute atomic E-state index is 0.126. The van der Waals surface area contributed by atoms with Crippen LogP contribution in [0.2, 0.25) is 5.02 Å². The Morgan fingerprint density at radius 1 is 1.41 bits per heavy atom. The molecule has 4 nitrogen and oxygen atoms in total. The molecule has 0 aliphatic carbocycles. The SMILES string of the molecule is CC(CNC(=O)[C@H](C)N)Oc1ccc(Cl)cc1. The van der Waals surface area contributed by atoms with Crippen molar-refractivity contribution >= 4 is 17.5 Å². The lowest BCUT2D eigenvalue weighted by atomic mass is 10.3. The topological polar surface area (TPSA) is 64.4 Å². The van der Waals surface area contributed by atoms with Crippen LogP contribution in [0, 0.1) is 0 Å². The highest BCUT2D eigenvalue weighted by molar-refractivity contribution is 6.30. The van der Waals surface area contributed by atoms with Crippen LogP contribution in [-0.2, 0) is 4.79 Å². The second-order valence-electron chi connectivity index (χ2n) is 3.92. The van der Waals surface area contributed by atoms with E-state index in [0.29, 0.717) is 11.6 Å². The van der Waals surface area contributed by atoms with Gasteiger partial charge >= 0.3 is 0 Å². The van der Waals surface area contributed by atoms with Gasteiger partial charge in [0.25, 0.3) is 0 Å². The number of hydrogen-bond donors (Lipinski definition) is 2. The second kappa shape index (κ2) is 6.47. The van der Waals surface area contributed by atoms with Gasteiger partial charge in [-0.05, 0) is 38.1 Å². The van der Waals surface area contributed by atoms with Crippen LogP contribution < -0.4 is 15.8 Å². The summed E-state index contributed by atoms with van der Waals surface area (Å²) in [5.41, 5.74) is 5.42. The third-order valence-corrected chi connectivity index (χ3v) is 2.38. The lowest BCUT2D eigenvalue weighted by Gasteiger charge is -2.16. The fraction of sp³-hybridized carbons (Fsp3) is 0.417. The fourth-order valence-corrected chi connectivity index (χ4v) is 1.32. The highest BCUT2D eigenvalue weighted by atomic mass is 35.5. The van der Waals surface area contributed by atoms with E-state index in [2.05, 4.69) is 5.32 Å². The molecule has 0 aliphatic rings. The maximum atomic E-state index is 11.2. The van der Waals surface area contributed by atoms with Gasteiger partial charge < -0.3 is 15.8 Å². The second-order valence-corrected chi connectivity index (χ2v) is 4.35. The first-order chi connectivity index (χ1) is 7.99. The van der Waals surface area contributed by atoms with Crippen LogP contribution in [0.3, 0.4) is 0 Å². The first-order valence-electron chi connectivity index (χ1n) is 5.44. The van der Waals surface area contributed by atoms with E-state index in [1.54, 1.807) is 31.2 Å². The molecule has 0 spiro atoms. The van der Waals surface area contributed by atoms with Crippen LogP contribution >= 0.6 is 11.6 Å². The van der Waals surface area contributed by atoms with E-state index >= 15 is 0 Å². The number of hydrogen-bond acceptors (Lipinski definition) is 3. The summed E-state index contributed by atoms with van der Waals surface area (Å²) in [5, 5.41) is 3.36. The molecular formula is C12H17ClN2O2. The number of carbonyl (C=O) groups is 1. The van der Waals surface area contributed by atoms with Gasteiger partial charge in [0.05, 0.1) is 12.6 Å². The van der Waals surface area contributed by atoms with Crippen LogP contribution in [0.15, 0.2) is 24.3 Å². The highest BCUT2D eigenvalue weighted by Gasteiger charge is 2.09. The van der Waals surface area contributed by atoms with E-state index in [9.17, 15) is 4.79 Å². The first-order valence-corrected chi connectivity index (χ1v) is 5.82. The van der Waals surface area contributed by atoms with Crippen LogP contribution in [-0.4, -0.2) is 24.6 Å². The molecule has 1 aromatic carbocycles. The lowest BCUT2D eigenvalue weighted by molar-refractivity contribution is -0.122. The smallest absolute Gasteiger partial charge is 0.236 e. The van der Waals surface area contributed by atoms with Gasteiger partial charge in [0.1, 0.15) is 11.9 Å². The molecule has 1 unspecified atom stereocenters. The molecule has 0 fully saturated rings. The van der Waals surface area contributed by atoms with Crippen molar-refractivity contribution in [1.29, 1.82) is 0 Å². The zero-order chi connectivity index (χ0) is 12.8. The Morgan fingerprint density at radius 2 is 2.00 bits per heavy atom. The van der Waals surface area contributed by atoms with Crippen LogP contribution in [0.5, 0.6) is 5.75 Å². The number of nitrogens with one attached hydrogen (secondary N) is 1. The van der Waals surface area contributed by atoms with E-state index in [-0.39, 0.29) is 12.0 Å². The summed E-state index contributed by atoms with van der Waals surface area (Å²) in [6.07, 6.45) is -0.126. The number of rotatable bonds is 5. The molecule has 17 heavy (non-hydrogen) atoms. The summed E-state index contributed by atoms with van der Waals surface area (Å²) in [5.74, 6) is 0.536. The number of ether oxygens (including phenoxy) is 1. The van der Waals surface area contributed by atoms with Crippen molar-refractivity contribution in [2.24, 2.45) is 5.73 Å². The van der Waals surface area contributed by atoms with E-state index in [1.807, 2.05) is 6.92 Å². The molecule has 0 heterocycles. The van der Waals surface area contributed by atoms with Gasteiger partial charge in [-0.3, -0.25) is 4.79 Å². The Balaban J connectivity index is 2.37. The summed E-state index contributed by atoms with van der Waals surface area (Å²) in [6.45, 7) is 3.93. The summed E-state index contributed by atoms with van der Waals surface area (Å²) < 4.78 is 5.59. The van der Waals surface area contributed by atoms with E-state index < -0.39 is 6.04 Å². The van der Waals surface area contributed by atoms with Gasteiger partial charge in [0.2, 0.25) is 5.91 Å². The lowest BCUT2D eigenvalue weighted by Crippen LogP contribution is -2.42. The quantitative estimate of drug-likeness (QED) is 0.841. The number of nitrogens with two attached hydrogens (primary N) is 1. The van der Waals surface area contributed by atoms with Crippen LogP contribution in [0.25, 0.3) is 0 Å². The standard InChI is InChI=1S/C12H17ClN2O2/c1-8(7-15-12(16)9(2)14)17-11-5-3-10(13)4-6-11/h3-6,8-9H,7,14H2,1-2H3,(H,15,16)/t8?,9-/m0/s1. The molecule has 0 saturated carbocycles. The number of carbonyl (C=O) groups excluding carboxylic acids is 1. The summed E-state index contributed by atoms with van der Waals surface area (Å²) in [6, 6.07) is 6.57. The molecule has 0 aliphatic heterocycles.